The molecule has 0 atom stereocenters. The van der Waals surface area contributed by atoms with Crippen LogP contribution < -0.4 is 5.69 Å². The second-order valence-electron chi connectivity index (χ2n) is 14.2. The topological polar surface area (TPSA) is 52.7 Å². The maximum atomic E-state index is 12.6. The molecule has 10 rings (SSSR count). The quantitative estimate of drug-likeness (QED) is 0.173. The minimum absolute atomic E-state index is 0.0528. The summed E-state index contributed by atoms with van der Waals surface area (Å²) in [5.74, 6) is 0.562. The minimum atomic E-state index is -0.574. The van der Waals surface area contributed by atoms with Crippen molar-refractivity contribution >= 4 is 11.0 Å². The Balaban J connectivity index is 1.16. The van der Waals surface area contributed by atoms with Gasteiger partial charge in [0.1, 0.15) is 0 Å². The van der Waals surface area contributed by atoms with E-state index in [9.17, 15) is 6.17 Å². The summed E-state index contributed by atoms with van der Waals surface area (Å²) in [5.41, 5.74) is 14.0. The zero-order chi connectivity index (χ0) is 38.0. The Morgan fingerprint density at radius 3 is 1.69 bits per heavy atom. The number of benzene rings is 7. The van der Waals surface area contributed by atoms with Crippen molar-refractivity contribution in [2.45, 2.75) is 5.41 Å². The highest BCUT2D eigenvalue weighted by Crippen LogP contribution is 2.56. The van der Waals surface area contributed by atoms with Crippen LogP contribution in [-0.4, -0.2) is 19.1 Å². The number of imidazole rings is 1. The Kier molecular flexibility index (Phi) is 7.30. The van der Waals surface area contributed by atoms with Crippen LogP contribution in [0, 0.1) is 0 Å². The number of hydrogen-bond donors (Lipinski definition) is 0. The van der Waals surface area contributed by atoms with Gasteiger partial charge >= 0.3 is 5.69 Å². The lowest BCUT2D eigenvalue weighted by Crippen LogP contribution is -2.28. The lowest BCUT2D eigenvalue weighted by molar-refractivity contribution is 0.768. The number of nitrogens with zero attached hydrogens (tertiary/aromatic N) is 4. The van der Waals surface area contributed by atoms with Crippen LogP contribution in [0.3, 0.4) is 0 Å². The van der Waals surface area contributed by atoms with Crippen molar-refractivity contribution in [3.8, 4) is 56.2 Å². The molecule has 2 aromatic heterocycles. The standard InChI is InChI=1S/C50H36N4O/c1-53-46-29-27-36(31-47(46)54(2)49(53)55)33-22-24-34(25-23-33)44-32-45(52-48(51-44)35-14-6-3-7-15-35)37-26-28-41-40-20-12-13-21-42(40)50(43(41)30-37,38-16-8-4-9-17-38)39-18-10-5-11-19-39/h3-32H,1-2H3/i32D. The van der Waals surface area contributed by atoms with Crippen LogP contribution in [0.4, 0.5) is 0 Å². The number of aryl methyl sites for hydroxylation is 2. The molecule has 0 aliphatic heterocycles. The molecule has 0 N–H and O–H groups in total. The van der Waals surface area contributed by atoms with Crippen molar-refractivity contribution < 1.29 is 1.37 Å². The first-order valence-electron chi connectivity index (χ1n) is 19.0. The van der Waals surface area contributed by atoms with E-state index in [0.29, 0.717) is 17.2 Å². The van der Waals surface area contributed by atoms with Gasteiger partial charge in [0.05, 0.1) is 29.2 Å². The lowest BCUT2D eigenvalue weighted by Gasteiger charge is -2.34. The predicted octanol–water partition coefficient (Wildman–Crippen LogP) is 10.7. The third-order valence-corrected chi connectivity index (χ3v) is 11.2. The molecule has 1 aliphatic carbocycles. The van der Waals surface area contributed by atoms with Crippen LogP contribution in [0.25, 0.3) is 67.2 Å². The summed E-state index contributed by atoms with van der Waals surface area (Å²) in [6, 6.07) is 61.3. The summed E-state index contributed by atoms with van der Waals surface area (Å²) in [6.07, 6.45) is 0. The van der Waals surface area contributed by atoms with Crippen molar-refractivity contribution in [1.29, 1.82) is 0 Å². The molecular weight excluding hydrogens is 673 g/mol. The van der Waals surface area contributed by atoms with Crippen molar-refractivity contribution in [1.82, 2.24) is 19.1 Å². The fourth-order valence-electron chi connectivity index (χ4n) is 8.49. The Morgan fingerprint density at radius 1 is 0.473 bits per heavy atom. The largest absolute Gasteiger partial charge is 0.328 e. The maximum absolute atomic E-state index is 12.6. The monoisotopic (exact) mass is 709 g/mol. The summed E-state index contributed by atoms with van der Waals surface area (Å²) in [5, 5.41) is 0. The van der Waals surface area contributed by atoms with E-state index < -0.39 is 5.41 Å². The van der Waals surface area contributed by atoms with Gasteiger partial charge < -0.3 is 0 Å². The Bertz CT molecular complexity index is 2970. The molecule has 5 nitrogen and oxygen atoms in total. The first kappa shape index (κ1) is 31.4. The molecule has 0 spiro atoms. The summed E-state index contributed by atoms with van der Waals surface area (Å²) >= 11 is 0. The molecule has 0 saturated heterocycles. The summed E-state index contributed by atoms with van der Waals surface area (Å²) in [6.45, 7) is 0. The van der Waals surface area contributed by atoms with Gasteiger partial charge in [-0.1, -0.05) is 158 Å². The highest BCUT2D eigenvalue weighted by atomic mass is 16.1. The predicted molar refractivity (Wildman–Crippen MR) is 223 cm³/mol. The molecule has 0 bridgehead atoms. The molecule has 0 saturated carbocycles. The number of hydrogen-bond acceptors (Lipinski definition) is 3. The van der Waals surface area contributed by atoms with Gasteiger partial charge in [0, 0.05) is 30.8 Å². The molecule has 0 fully saturated rings. The van der Waals surface area contributed by atoms with Gasteiger partial charge in [-0.25, -0.2) is 14.8 Å². The third kappa shape index (κ3) is 5.12. The zero-order valence-corrected chi connectivity index (χ0v) is 30.4. The zero-order valence-electron chi connectivity index (χ0n) is 31.4. The first-order chi connectivity index (χ1) is 27.4. The van der Waals surface area contributed by atoms with Gasteiger partial charge in [0.15, 0.2) is 5.82 Å². The summed E-state index contributed by atoms with van der Waals surface area (Å²) < 4.78 is 13.1. The molecule has 0 unspecified atom stereocenters. The molecule has 2 heterocycles. The minimum Gasteiger partial charge on any atom is -0.295 e. The van der Waals surface area contributed by atoms with E-state index in [0.717, 1.165) is 44.4 Å². The molecule has 9 aromatic rings. The number of aromatic nitrogens is 4. The van der Waals surface area contributed by atoms with E-state index in [4.69, 9.17) is 9.97 Å². The van der Waals surface area contributed by atoms with Crippen LogP contribution in [0.2, 0.25) is 0 Å². The average molecular weight is 710 g/mol. The normalized spacial score (nSPS) is 13.0. The Labute approximate surface area is 320 Å². The second kappa shape index (κ2) is 12.8. The molecule has 1 aliphatic rings. The average Bonchev–Trinajstić information content (AvgIpc) is 3.68. The van der Waals surface area contributed by atoms with Crippen LogP contribution in [-0.2, 0) is 19.5 Å². The maximum Gasteiger partial charge on any atom is 0.328 e. The summed E-state index contributed by atoms with van der Waals surface area (Å²) in [7, 11) is 3.59. The Morgan fingerprint density at radius 2 is 1.00 bits per heavy atom. The van der Waals surface area contributed by atoms with E-state index in [2.05, 4.69) is 121 Å². The molecule has 5 heteroatoms. The highest BCUT2D eigenvalue weighted by molar-refractivity contribution is 5.89. The molecule has 7 aromatic carbocycles. The van der Waals surface area contributed by atoms with E-state index in [1.54, 1.807) is 23.2 Å². The third-order valence-electron chi connectivity index (χ3n) is 11.2. The lowest BCUT2D eigenvalue weighted by atomic mass is 9.67. The Hall–Kier alpha value is -7.11. The van der Waals surface area contributed by atoms with E-state index in [-0.39, 0.29) is 11.7 Å². The van der Waals surface area contributed by atoms with Crippen molar-refractivity contribution in [2.24, 2.45) is 14.1 Å². The summed E-state index contributed by atoms with van der Waals surface area (Å²) in [4.78, 5) is 22.8. The smallest absolute Gasteiger partial charge is 0.295 e. The first-order valence-corrected chi connectivity index (χ1v) is 18.5. The van der Waals surface area contributed by atoms with Crippen LogP contribution >= 0.6 is 0 Å². The van der Waals surface area contributed by atoms with Crippen LogP contribution in [0.15, 0.2) is 187 Å². The second-order valence-corrected chi connectivity index (χ2v) is 14.2. The van der Waals surface area contributed by atoms with Crippen LogP contribution in [0.5, 0.6) is 0 Å². The SMILES string of the molecule is [2H]c1c(-c2ccc(-c3ccc4c(c3)n(C)c(=O)n4C)cc2)nc(-c2ccccc2)nc1-c1ccc2c(c1)C(c1ccccc1)(c1ccccc1)c1ccccc1-2. The highest BCUT2D eigenvalue weighted by Gasteiger charge is 2.46. The van der Waals surface area contributed by atoms with Crippen molar-refractivity contribution in [3.63, 3.8) is 0 Å². The fourth-order valence-corrected chi connectivity index (χ4v) is 8.49. The van der Waals surface area contributed by atoms with E-state index in [1.807, 2.05) is 54.6 Å². The number of fused-ring (bicyclic) bond motifs is 4. The van der Waals surface area contributed by atoms with E-state index >= 15 is 0 Å². The molecule has 0 amide bonds. The van der Waals surface area contributed by atoms with Crippen LogP contribution in [0.1, 0.15) is 23.6 Å². The van der Waals surface area contributed by atoms with Gasteiger partial charge in [-0.05, 0) is 68.7 Å². The molecule has 55 heavy (non-hydrogen) atoms. The van der Waals surface area contributed by atoms with Gasteiger partial charge in [-0.3, -0.25) is 9.13 Å². The van der Waals surface area contributed by atoms with Gasteiger partial charge in [-0.15, -0.1) is 0 Å². The van der Waals surface area contributed by atoms with Gasteiger partial charge in [0.2, 0.25) is 0 Å². The molecule has 0 radical (unpaired) electrons. The fraction of sp³-hybridized carbons (Fsp3) is 0.0600. The van der Waals surface area contributed by atoms with E-state index in [1.165, 1.54) is 27.8 Å². The van der Waals surface area contributed by atoms with Gasteiger partial charge in [-0.2, -0.15) is 0 Å². The molecular formula is C50H36N4O. The van der Waals surface area contributed by atoms with Crippen molar-refractivity contribution in [3.05, 3.63) is 215 Å². The number of rotatable bonds is 6. The van der Waals surface area contributed by atoms with Crippen molar-refractivity contribution in [2.75, 3.05) is 0 Å². The molecule has 262 valence electrons. The van der Waals surface area contributed by atoms with Gasteiger partial charge in [0.25, 0.3) is 0 Å².